The number of fused-ring (bicyclic) bond motifs is 1. The molecule has 1 saturated carbocycles. The number of carboxylic acid groups (broad SMARTS) is 1. The SMILES string of the molecule is O=C(O)c1csc([C@H]2CC[C@@H]3[C@@H](CCOc4ccccc4)[C@H](O)C[C@@H]3O2)n1. The van der Waals surface area contributed by atoms with Gasteiger partial charge in [-0.2, -0.15) is 0 Å². The molecule has 5 atom stereocenters. The number of benzene rings is 1. The Morgan fingerprint density at radius 2 is 2.11 bits per heavy atom. The predicted octanol–water partition coefficient (Wildman–Crippen LogP) is 3.53. The van der Waals surface area contributed by atoms with Gasteiger partial charge in [-0.25, -0.2) is 9.78 Å². The van der Waals surface area contributed by atoms with E-state index in [0.717, 1.165) is 30.0 Å². The van der Waals surface area contributed by atoms with Crippen LogP contribution in [-0.4, -0.2) is 40.0 Å². The Kier molecular flexibility index (Phi) is 5.43. The average molecular weight is 389 g/mol. The van der Waals surface area contributed by atoms with Crippen molar-refractivity contribution in [2.75, 3.05) is 6.61 Å². The van der Waals surface area contributed by atoms with Gasteiger partial charge in [0.05, 0.1) is 18.8 Å². The van der Waals surface area contributed by atoms with Gasteiger partial charge >= 0.3 is 5.97 Å². The highest BCUT2D eigenvalue weighted by Crippen LogP contribution is 2.47. The highest BCUT2D eigenvalue weighted by atomic mass is 32.1. The smallest absolute Gasteiger partial charge is 0.355 e. The molecule has 2 fully saturated rings. The first-order valence-electron chi connectivity index (χ1n) is 9.32. The largest absolute Gasteiger partial charge is 0.494 e. The Hall–Kier alpha value is -1.96. The molecule has 7 heteroatoms. The first-order chi connectivity index (χ1) is 13.1. The van der Waals surface area contributed by atoms with Gasteiger partial charge in [-0.15, -0.1) is 11.3 Å². The fourth-order valence-corrected chi connectivity index (χ4v) is 5.14. The summed E-state index contributed by atoms with van der Waals surface area (Å²) in [6.07, 6.45) is 2.61. The van der Waals surface area contributed by atoms with Crippen molar-refractivity contribution in [2.24, 2.45) is 11.8 Å². The van der Waals surface area contributed by atoms with Crippen molar-refractivity contribution in [3.05, 3.63) is 46.4 Å². The molecule has 2 aromatic rings. The molecule has 1 aliphatic carbocycles. The molecule has 6 nitrogen and oxygen atoms in total. The van der Waals surface area contributed by atoms with Crippen molar-refractivity contribution in [1.82, 2.24) is 4.98 Å². The molecule has 2 heterocycles. The lowest BCUT2D eigenvalue weighted by Gasteiger charge is -2.34. The summed E-state index contributed by atoms with van der Waals surface area (Å²) in [5, 5.41) is 21.8. The maximum Gasteiger partial charge on any atom is 0.355 e. The molecule has 2 N–H and O–H groups in total. The topological polar surface area (TPSA) is 88.9 Å². The lowest BCUT2D eigenvalue weighted by molar-refractivity contribution is -0.0798. The summed E-state index contributed by atoms with van der Waals surface area (Å²) in [4.78, 5) is 15.2. The normalized spacial score (nSPS) is 30.0. The number of ether oxygens (including phenoxy) is 2. The molecule has 1 aliphatic heterocycles. The standard InChI is InChI=1S/C20H23NO5S/c22-16-10-18-14(13(16)8-9-25-12-4-2-1-3-5-12)6-7-17(26-18)19-21-15(11-27-19)20(23)24/h1-5,11,13-14,16-18,22H,6-10H2,(H,23,24)/t13-,14-,16-,17-,18+/m1/s1. The van der Waals surface area contributed by atoms with Gasteiger partial charge in [-0.1, -0.05) is 18.2 Å². The number of carboxylic acids is 1. The van der Waals surface area contributed by atoms with Crippen LogP contribution >= 0.6 is 11.3 Å². The van der Waals surface area contributed by atoms with Crippen LogP contribution in [0.25, 0.3) is 0 Å². The number of nitrogens with zero attached hydrogens (tertiary/aromatic N) is 1. The number of aliphatic hydroxyl groups is 1. The van der Waals surface area contributed by atoms with Gasteiger partial charge in [0.2, 0.25) is 0 Å². The maximum absolute atomic E-state index is 11.0. The average Bonchev–Trinajstić information content (AvgIpc) is 3.27. The molecule has 0 spiro atoms. The third-order valence-corrected chi connectivity index (χ3v) is 6.51. The van der Waals surface area contributed by atoms with Gasteiger partial charge in [0, 0.05) is 11.8 Å². The van der Waals surface area contributed by atoms with E-state index in [1.807, 2.05) is 30.3 Å². The van der Waals surface area contributed by atoms with E-state index in [0.29, 0.717) is 18.9 Å². The van der Waals surface area contributed by atoms with Crippen LogP contribution in [-0.2, 0) is 4.74 Å². The summed E-state index contributed by atoms with van der Waals surface area (Å²) < 4.78 is 12.0. The van der Waals surface area contributed by atoms with Gasteiger partial charge in [-0.05, 0) is 43.2 Å². The van der Waals surface area contributed by atoms with Gasteiger partial charge < -0.3 is 19.7 Å². The van der Waals surface area contributed by atoms with E-state index in [2.05, 4.69) is 4.98 Å². The molecule has 144 valence electrons. The lowest BCUT2D eigenvalue weighted by Crippen LogP contribution is -2.31. The number of thiazole rings is 1. The quantitative estimate of drug-likeness (QED) is 0.786. The first-order valence-corrected chi connectivity index (χ1v) is 10.2. The second-order valence-corrected chi connectivity index (χ2v) is 8.09. The zero-order chi connectivity index (χ0) is 18.8. The zero-order valence-electron chi connectivity index (χ0n) is 14.9. The minimum Gasteiger partial charge on any atom is -0.494 e. The predicted molar refractivity (Wildman–Crippen MR) is 100 cm³/mol. The van der Waals surface area contributed by atoms with Crippen molar-refractivity contribution in [1.29, 1.82) is 0 Å². The fourth-order valence-electron chi connectivity index (χ4n) is 4.28. The number of para-hydroxylation sites is 1. The Labute approximate surface area is 161 Å². The van der Waals surface area contributed by atoms with E-state index < -0.39 is 5.97 Å². The number of rotatable bonds is 6. The van der Waals surface area contributed by atoms with Crippen LogP contribution in [0.5, 0.6) is 5.75 Å². The maximum atomic E-state index is 11.0. The minimum absolute atomic E-state index is 0.00217. The third kappa shape index (κ3) is 4.00. The molecule has 1 aromatic heterocycles. The fraction of sp³-hybridized carbons (Fsp3) is 0.500. The van der Waals surface area contributed by atoms with Crippen molar-refractivity contribution in [3.63, 3.8) is 0 Å². The van der Waals surface area contributed by atoms with Crippen LogP contribution < -0.4 is 4.74 Å². The number of hydrogen-bond donors (Lipinski definition) is 2. The molecular weight excluding hydrogens is 366 g/mol. The minimum atomic E-state index is -1.01. The van der Waals surface area contributed by atoms with Crippen LogP contribution in [0.1, 0.15) is 47.3 Å². The van der Waals surface area contributed by atoms with Gasteiger partial charge in [0.1, 0.15) is 16.9 Å². The van der Waals surface area contributed by atoms with E-state index in [-0.39, 0.29) is 29.9 Å². The van der Waals surface area contributed by atoms with Crippen LogP contribution in [0.3, 0.4) is 0 Å². The monoisotopic (exact) mass is 389 g/mol. The van der Waals surface area contributed by atoms with Crippen LogP contribution in [0.2, 0.25) is 0 Å². The molecule has 27 heavy (non-hydrogen) atoms. The van der Waals surface area contributed by atoms with Crippen LogP contribution in [0.4, 0.5) is 0 Å². The summed E-state index contributed by atoms with van der Waals surface area (Å²) in [5.41, 5.74) is 0.0723. The number of carbonyl (C=O) groups is 1. The van der Waals surface area contributed by atoms with Crippen LogP contribution in [0.15, 0.2) is 35.7 Å². The molecule has 0 unspecified atom stereocenters. The number of aromatic nitrogens is 1. The first kappa shape index (κ1) is 18.4. The van der Waals surface area contributed by atoms with E-state index in [1.54, 1.807) is 5.38 Å². The summed E-state index contributed by atoms with van der Waals surface area (Å²) >= 11 is 1.33. The van der Waals surface area contributed by atoms with Gasteiger partial charge in [0.15, 0.2) is 5.69 Å². The molecule has 0 amide bonds. The summed E-state index contributed by atoms with van der Waals surface area (Å²) in [6, 6.07) is 9.71. The Bertz CT molecular complexity index is 780. The Morgan fingerprint density at radius 1 is 1.30 bits per heavy atom. The lowest BCUT2D eigenvalue weighted by atomic mass is 9.85. The highest BCUT2D eigenvalue weighted by Gasteiger charge is 2.46. The Balaban J connectivity index is 1.34. The molecule has 0 radical (unpaired) electrons. The summed E-state index contributed by atoms with van der Waals surface area (Å²) in [7, 11) is 0. The van der Waals surface area contributed by atoms with E-state index >= 15 is 0 Å². The van der Waals surface area contributed by atoms with Crippen molar-refractivity contribution >= 4 is 17.3 Å². The molecule has 2 aliphatic rings. The second-order valence-electron chi connectivity index (χ2n) is 7.20. The second kappa shape index (κ2) is 7.96. The summed E-state index contributed by atoms with van der Waals surface area (Å²) in [5.74, 6) is 0.320. The van der Waals surface area contributed by atoms with Crippen molar-refractivity contribution in [3.8, 4) is 5.75 Å². The third-order valence-electron chi connectivity index (χ3n) is 5.58. The van der Waals surface area contributed by atoms with E-state index in [1.165, 1.54) is 11.3 Å². The molecule has 1 aromatic carbocycles. The van der Waals surface area contributed by atoms with Gasteiger partial charge in [-0.3, -0.25) is 0 Å². The molecule has 1 saturated heterocycles. The van der Waals surface area contributed by atoms with E-state index in [9.17, 15) is 9.90 Å². The molecular formula is C20H23NO5S. The number of aliphatic hydroxyl groups excluding tert-OH is 1. The molecule has 4 rings (SSSR count). The number of hydrogen-bond acceptors (Lipinski definition) is 6. The summed E-state index contributed by atoms with van der Waals surface area (Å²) in [6.45, 7) is 0.576. The van der Waals surface area contributed by atoms with E-state index in [4.69, 9.17) is 14.6 Å². The van der Waals surface area contributed by atoms with Crippen molar-refractivity contribution in [2.45, 2.75) is 44.0 Å². The van der Waals surface area contributed by atoms with Gasteiger partial charge in [0.25, 0.3) is 0 Å². The zero-order valence-corrected chi connectivity index (χ0v) is 15.7. The number of aromatic carboxylic acids is 1. The van der Waals surface area contributed by atoms with Crippen molar-refractivity contribution < 1.29 is 24.5 Å². The molecule has 0 bridgehead atoms. The highest BCUT2D eigenvalue weighted by molar-refractivity contribution is 7.09. The Morgan fingerprint density at radius 3 is 2.85 bits per heavy atom. The van der Waals surface area contributed by atoms with Crippen LogP contribution in [0, 0.1) is 11.8 Å².